The summed E-state index contributed by atoms with van der Waals surface area (Å²) in [7, 11) is 3.82. The molecule has 2 aromatic heterocycles. The summed E-state index contributed by atoms with van der Waals surface area (Å²) in [6.45, 7) is 5.33. The molecule has 1 atom stereocenters. The molecule has 2 fully saturated rings. The van der Waals surface area contributed by atoms with E-state index < -0.39 is 0 Å². The highest BCUT2D eigenvalue weighted by Crippen LogP contribution is 2.32. The van der Waals surface area contributed by atoms with Gasteiger partial charge in [0.1, 0.15) is 11.6 Å². The van der Waals surface area contributed by atoms with Crippen molar-refractivity contribution in [1.29, 1.82) is 0 Å². The molecule has 0 bridgehead atoms. The number of piperazine rings is 1. The molecule has 5 rings (SSSR count). The van der Waals surface area contributed by atoms with Gasteiger partial charge in [-0.05, 0) is 56.3 Å². The Morgan fingerprint density at radius 1 is 1.00 bits per heavy atom. The average molecular weight is 472 g/mol. The number of para-hydroxylation sites is 1. The fraction of sp³-hybridized carbons (Fsp3) is 0.393. The van der Waals surface area contributed by atoms with Gasteiger partial charge in [-0.1, -0.05) is 18.2 Å². The van der Waals surface area contributed by atoms with E-state index in [1.54, 1.807) is 13.3 Å². The third-order valence-corrected chi connectivity index (χ3v) is 7.10. The van der Waals surface area contributed by atoms with Crippen LogP contribution in [0.2, 0.25) is 0 Å². The van der Waals surface area contributed by atoms with Crippen LogP contribution in [0.25, 0.3) is 11.3 Å². The first-order chi connectivity index (χ1) is 17.1. The van der Waals surface area contributed by atoms with Crippen LogP contribution < -0.4 is 9.64 Å². The molecule has 0 N–H and O–H groups in total. The van der Waals surface area contributed by atoms with Gasteiger partial charge in [0.2, 0.25) is 0 Å². The van der Waals surface area contributed by atoms with E-state index in [9.17, 15) is 4.79 Å². The van der Waals surface area contributed by atoms with Gasteiger partial charge in [0.15, 0.2) is 0 Å². The minimum absolute atomic E-state index is 0.0772. The molecule has 1 amide bonds. The van der Waals surface area contributed by atoms with Crippen LogP contribution in [0.15, 0.2) is 60.8 Å². The number of hydrogen-bond acceptors (Lipinski definition) is 6. The molecule has 0 aliphatic carbocycles. The lowest BCUT2D eigenvalue weighted by molar-refractivity contribution is 0.0706. The summed E-state index contributed by atoms with van der Waals surface area (Å²) in [5, 5.41) is 0. The standard InChI is InChI=1S/C28H33N5O2/c1-31-15-17-32(18-16-31)27-19-21(12-13-29-27)28(34)33-14-6-7-22(20-33)24-9-5-10-25(30-24)23-8-3-4-11-26(23)35-2/h3-5,8-13,19,22H,6-7,14-18,20H2,1-2H3/t22-/m1/s1. The molecule has 35 heavy (non-hydrogen) atoms. The molecule has 2 aliphatic rings. The van der Waals surface area contributed by atoms with E-state index in [4.69, 9.17) is 9.72 Å². The van der Waals surface area contributed by atoms with Gasteiger partial charge in [-0.2, -0.15) is 0 Å². The molecule has 182 valence electrons. The quantitative estimate of drug-likeness (QED) is 0.562. The summed E-state index contributed by atoms with van der Waals surface area (Å²) in [4.78, 5) is 29.6. The molecule has 0 saturated carbocycles. The van der Waals surface area contributed by atoms with Crippen LogP contribution in [0.3, 0.4) is 0 Å². The number of likely N-dealkylation sites (tertiary alicyclic amines) is 1. The summed E-state index contributed by atoms with van der Waals surface area (Å²) in [5.41, 5.74) is 3.62. The monoisotopic (exact) mass is 471 g/mol. The van der Waals surface area contributed by atoms with Gasteiger partial charge in [-0.3, -0.25) is 9.78 Å². The second kappa shape index (κ2) is 10.4. The lowest BCUT2D eigenvalue weighted by Crippen LogP contribution is -2.45. The molecule has 7 nitrogen and oxygen atoms in total. The molecule has 2 saturated heterocycles. The molecule has 2 aliphatic heterocycles. The second-order valence-corrected chi connectivity index (χ2v) is 9.43. The maximum absolute atomic E-state index is 13.5. The predicted molar refractivity (Wildman–Crippen MR) is 138 cm³/mol. The molecule has 4 heterocycles. The lowest BCUT2D eigenvalue weighted by Gasteiger charge is -2.34. The normalized spacial score (nSPS) is 19.0. The van der Waals surface area contributed by atoms with Crippen molar-refractivity contribution in [2.24, 2.45) is 0 Å². The van der Waals surface area contributed by atoms with Crippen molar-refractivity contribution in [2.75, 3.05) is 58.3 Å². The van der Waals surface area contributed by atoms with Crippen LogP contribution >= 0.6 is 0 Å². The van der Waals surface area contributed by atoms with Gasteiger partial charge in [0, 0.05) is 68.2 Å². The van der Waals surface area contributed by atoms with Crippen molar-refractivity contribution in [3.63, 3.8) is 0 Å². The van der Waals surface area contributed by atoms with Gasteiger partial charge in [0.25, 0.3) is 5.91 Å². The Bertz CT molecular complexity index is 1180. The van der Waals surface area contributed by atoms with E-state index in [0.717, 1.165) is 74.1 Å². The number of amides is 1. The summed E-state index contributed by atoms with van der Waals surface area (Å²) in [5.74, 6) is 1.99. The molecule has 0 unspecified atom stereocenters. The van der Waals surface area contributed by atoms with Crippen molar-refractivity contribution in [3.8, 4) is 17.0 Å². The van der Waals surface area contributed by atoms with Crippen molar-refractivity contribution in [2.45, 2.75) is 18.8 Å². The van der Waals surface area contributed by atoms with E-state index in [-0.39, 0.29) is 11.8 Å². The number of ether oxygens (including phenoxy) is 1. The first kappa shape index (κ1) is 23.3. The molecule has 1 aromatic carbocycles. The Hall–Kier alpha value is -3.45. The van der Waals surface area contributed by atoms with Crippen LogP contribution in [0.5, 0.6) is 5.75 Å². The minimum atomic E-state index is 0.0772. The van der Waals surface area contributed by atoms with E-state index in [0.29, 0.717) is 12.1 Å². The number of anilines is 1. The van der Waals surface area contributed by atoms with Gasteiger partial charge in [0.05, 0.1) is 12.8 Å². The minimum Gasteiger partial charge on any atom is -0.496 e. The Labute approximate surface area is 207 Å². The van der Waals surface area contributed by atoms with Crippen LogP contribution in [0, 0.1) is 0 Å². The van der Waals surface area contributed by atoms with Crippen LogP contribution in [-0.2, 0) is 0 Å². The Morgan fingerprint density at radius 3 is 2.66 bits per heavy atom. The number of aromatic nitrogens is 2. The smallest absolute Gasteiger partial charge is 0.254 e. The number of piperidine rings is 1. The van der Waals surface area contributed by atoms with Gasteiger partial charge >= 0.3 is 0 Å². The van der Waals surface area contributed by atoms with Gasteiger partial charge in [-0.15, -0.1) is 0 Å². The van der Waals surface area contributed by atoms with Crippen molar-refractivity contribution in [1.82, 2.24) is 19.8 Å². The predicted octanol–water partition coefficient (Wildman–Crippen LogP) is 3.92. The molecular formula is C28H33N5O2. The third-order valence-electron chi connectivity index (χ3n) is 7.10. The maximum atomic E-state index is 13.5. The van der Waals surface area contributed by atoms with Crippen molar-refractivity contribution in [3.05, 3.63) is 72.1 Å². The number of nitrogens with zero attached hydrogens (tertiary/aromatic N) is 5. The zero-order valence-electron chi connectivity index (χ0n) is 20.6. The first-order valence-electron chi connectivity index (χ1n) is 12.4. The largest absolute Gasteiger partial charge is 0.496 e. The van der Waals surface area contributed by atoms with E-state index >= 15 is 0 Å². The van der Waals surface area contributed by atoms with Gasteiger partial charge < -0.3 is 19.4 Å². The number of rotatable bonds is 5. The molecule has 0 radical (unpaired) electrons. The van der Waals surface area contributed by atoms with Crippen molar-refractivity contribution >= 4 is 11.7 Å². The number of methoxy groups -OCH3 is 1. The van der Waals surface area contributed by atoms with Crippen LogP contribution in [0.4, 0.5) is 5.82 Å². The zero-order chi connectivity index (χ0) is 24.2. The number of benzene rings is 1. The highest BCUT2D eigenvalue weighted by molar-refractivity contribution is 5.95. The average Bonchev–Trinajstić information content (AvgIpc) is 2.93. The van der Waals surface area contributed by atoms with Crippen LogP contribution in [-0.4, -0.2) is 79.1 Å². The Kier molecular flexibility index (Phi) is 6.95. The number of likely N-dealkylation sites (N-methyl/N-ethyl adjacent to an activating group) is 1. The Morgan fingerprint density at radius 2 is 1.83 bits per heavy atom. The summed E-state index contributed by atoms with van der Waals surface area (Å²) in [6.07, 6.45) is 3.75. The maximum Gasteiger partial charge on any atom is 0.254 e. The first-order valence-corrected chi connectivity index (χ1v) is 12.4. The molecular weight excluding hydrogens is 438 g/mol. The third kappa shape index (κ3) is 5.15. The van der Waals surface area contributed by atoms with E-state index in [1.165, 1.54) is 0 Å². The summed E-state index contributed by atoms with van der Waals surface area (Å²) >= 11 is 0. The number of hydrogen-bond donors (Lipinski definition) is 0. The summed E-state index contributed by atoms with van der Waals surface area (Å²) < 4.78 is 5.54. The van der Waals surface area contributed by atoms with E-state index in [1.807, 2.05) is 47.4 Å². The SMILES string of the molecule is COc1ccccc1-c1cccc([C@@H]2CCCN(C(=O)c3ccnc(N4CCN(C)CC4)c3)C2)n1. The topological polar surface area (TPSA) is 61.8 Å². The van der Waals surface area contributed by atoms with E-state index in [2.05, 4.69) is 34.0 Å². The van der Waals surface area contributed by atoms with Crippen LogP contribution in [0.1, 0.15) is 34.8 Å². The molecule has 3 aromatic rings. The number of carbonyl (C=O) groups is 1. The second-order valence-electron chi connectivity index (χ2n) is 9.43. The molecule has 7 heteroatoms. The number of carbonyl (C=O) groups excluding carboxylic acids is 1. The molecule has 0 spiro atoms. The fourth-order valence-electron chi connectivity index (χ4n) is 5.03. The fourth-order valence-corrected chi connectivity index (χ4v) is 5.03. The lowest BCUT2D eigenvalue weighted by atomic mass is 9.93. The zero-order valence-corrected chi connectivity index (χ0v) is 20.6. The highest BCUT2D eigenvalue weighted by atomic mass is 16.5. The Balaban J connectivity index is 1.32. The van der Waals surface area contributed by atoms with Crippen molar-refractivity contribution < 1.29 is 9.53 Å². The summed E-state index contributed by atoms with van der Waals surface area (Å²) in [6, 6.07) is 17.9. The van der Waals surface area contributed by atoms with Gasteiger partial charge in [-0.25, -0.2) is 4.98 Å². The number of pyridine rings is 2. The highest BCUT2D eigenvalue weighted by Gasteiger charge is 2.27.